The van der Waals surface area contributed by atoms with Gasteiger partial charge in [0, 0.05) is 17.6 Å². The average Bonchev–Trinajstić information content (AvgIpc) is 2.54. The maximum atomic E-state index is 12.3. The fourth-order valence-electron chi connectivity index (χ4n) is 2.02. The molecule has 5 heteroatoms. The predicted octanol–water partition coefficient (Wildman–Crippen LogP) is 3.77. The first-order valence-corrected chi connectivity index (χ1v) is 6.62. The number of carbonyl (C=O) groups is 1. The van der Waals surface area contributed by atoms with E-state index in [1.807, 2.05) is 26.0 Å². The van der Waals surface area contributed by atoms with Crippen molar-refractivity contribution < 1.29 is 4.79 Å². The van der Waals surface area contributed by atoms with Crippen LogP contribution in [-0.2, 0) is 13.5 Å². The van der Waals surface area contributed by atoms with Crippen LogP contribution in [0.15, 0.2) is 18.2 Å². The third-order valence-corrected chi connectivity index (χ3v) is 3.66. The number of nitrogens with zero attached hydrogens (tertiary/aromatic N) is 2. The minimum atomic E-state index is -0.0181. The van der Waals surface area contributed by atoms with Crippen molar-refractivity contribution in [3.8, 4) is 0 Å². The molecule has 2 rings (SSSR count). The van der Waals surface area contributed by atoms with E-state index < -0.39 is 0 Å². The van der Waals surface area contributed by atoms with E-state index in [1.54, 1.807) is 17.8 Å². The van der Waals surface area contributed by atoms with Gasteiger partial charge in [-0.1, -0.05) is 23.2 Å². The highest BCUT2D eigenvalue weighted by molar-refractivity contribution is 6.32. The second kappa shape index (κ2) is 5.35. The number of hydrogen-bond acceptors (Lipinski definition) is 2. The lowest BCUT2D eigenvalue weighted by Gasteiger charge is -2.05. The van der Waals surface area contributed by atoms with Crippen LogP contribution in [0.25, 0.3) is 0 Å². The molecule has 2 aromatic rings. The molecule has 0 aliphatic heterocycles. The van der Waals surface area contributed by atoms with Crippen LogP contribution in [0, 0.1) is 13.8 Å². The van der Waals surface area contributed by atoms with Crippen LogP contribution in [0.5, 0.6) is 0 Å². The van der Waals surface area contributed by atoms with E-state index in [-0.39, 0.29) is 12.2 Å². The third kappa shape index (κ3) is 2.99. The van der Waals surface area contributed by atoms with Gasteiger partial charge in [-0.25, -0.2) is 0 Å². The van der Waals surface area contributed by atoms with Crippen LogP contribution < -0.4 is 0 Å². The van der Waals surface area contributed by atoms with Crippen LogP contribution in [0.1, 0.15) is 27.3 Å². The maximum Gasteiger partial charge on any atom is 0.168 e. The van der Waals surface area contributed by atoms with Crippen LogP contribution in [0.2, 0.25) is 10.0 Å². The fourth-order valence-corrected chi connectivity index (χ4v) is 2.54. The zero-order valence-electron chi connectivity index (χ0n) is 11.0. The van der Waals surface area contributed by atoms with Gasteiger partial charge in [0.25, 0.3) is 0 Å². The van der Waals surface area contributed by atoms with Gasteiger partial charge in [0.05, 0.1) is 22.8 Å². The molecular weight excluding hydrogens is 283 g/mol. The molecule has 0 aliphatic rings. The molecule has 0 radical (unpaired) electrons. The summed E-state index contributed by atoms with van der Waals surface area (Å²) in [6.45, 7) is 3.73. The van der Waals surface area contributed by atoms with E-state index in [0.29, 0.717) is 15.6 Å². The van der Waals surface area contributed by atoms with Crippen molar-refractivity contribution in [3.63, 3.8) is 0 Å². The van der Waals surface area contributed by atoms with Crippen LogP contribution in [-0.4, -0.2) is 15.6 Å². The Morgan fingerprint density at radius 1 is 1.26 bits per heavy atom. The Kier molecular flexibility index (Phi) is 3.97. The van der Waals surface area contributed by atoms with Crippen molar-refractivity contribution >= 4 is 29.0 Å². The molecule has 1 heterocycles. The summed E-state index contributed by atoms with van der Waals surface area (Å²) in [5, 5.41) is 5.31. The van der Waals surface area contributed by atoms with E-state index in [0.717, 1.165) is 17.0 Å². The summed E-state index contributed by atoms with van der Waals surface area (Å²) < 4.78 is 1.65. The first-order chi connectivity index (χ1) is 8.88. The molecule has 0 saturated heterocycles. The van der Waals surface area contributed by atoms with E-state index in [2.05, 4.69) is 5.10 Å². The van der Waals surface area contributed by atoms with E-state index in [4.69, 9.17) is 23.2 Å². The van der Waals surface area contributed by atoms with Gasteiger partial charge in [-0.3, -0.25) is 9.48 Å². The largest absolute Gasteiger partial charge is 0.294 e. The van der Waals surface area contributed by atoms with Gasteiger partial charge < -0.3 is 0 Å². The molecule has 0 bridgehead atoms. The molecule has 3 nitrogen and oxygen atoms in total. The summed E-state index contributed by atoms with van der Waals surface area (Å²) in [4.78, 5) is 12.3. The molecule has 0 saturated carbocycles. The average molecular weight is 297 g/mol. The lowest BCUT2D eigenvalue weighted by atomic mass is 10.0. The Hall–Kier alpha value is -1.32. The number of rotatable bonds is 3. The number of ketones is 1. The van der Waals surface area contributed by atoms with Crippen molar-refractivity contribution in [3.05, 3.63) is 50.8 Å². The lowest BCUT2D eigenvalue weighted by molar-refractivity contribution is 0.0990. The summed E-state index contributed by atoms with van der Waals surface area (Å²) in [5.74, 6) is -0.0181. The molecule has 1 aromatic carbocycles. The predicted molar refractivity (Wildman–Crippen MR) is 77.2 cm³/mol. The molecule has 0 N–H and O–H groups in total. The molecule has 0 spiro atoms. The SMILES string of the molecule is Cc1cc(Cl)cc(C(=O)Cc2c(Cl)c(C)nn2C)c1. The molecule has 0 unspecified atom stereocenters. The van der Waals surface area contributed by atoms with Crippen molar-refractivity contribution in [2.45, 2.75) is 20.3 Å². The third-order valence-electron chi connectivity index (χ3n) is 2.95. The second-order valence-electron chi connectivity index (χ2n) is 4.59. The van der Waals surface area contributed by atoms with Gasteiger partial charge in [-0.05, 0) is 37.6 Å². The summed E-state index contributed by atoms with van der Waals surface area (Å²) in [6, 6.07) is 5.32. The van der Waals surface area contributed by atoms with Gasteiger partial charge in [-0.15, -0.1) is 0 Å². The van der Waals surface area contributed by atoms with Gasteiger partial charge in [0.1, 0.15) is 0 Å². The van der Waals surface area contributed by atoms with E-state index in [9.17, 15) is 4.79 Å². The number of Topliss-reactive ketones (excluding diaryl/α,β-unsaturated/α-hetero) is 1. The first-order valence-electron chi connectivity index (χ1n) is 5.87. The standard InChI is InChI=1S/C14H14Cl2N2O/c1-8-4-10(6-11(15)5-8)13(19)7-12-14(16)9(2)17-18(12)3/h4-6H,7H2,1-3H3. The monoisotopic (exact) mass is 296 g/mol. The molecule has 19 heavy (non-hydrogen) atoms. The molecule has 1 aromatic heterocycles. The Balaban J connectivity index is 2.30. The van der Waals surface area contributed by atoms with Gasteiger partial charge in [0.2, 0.25) is 0 Å². The fraction of sp³-hybridized carbons (Fsp3) is 0.286. The zero-order valence-corrected chi connectivity index (χ0v) is 12.5. The smallest absolute Gasteiger partial charge is 0.168 e. The Bertz CT molecular complexity index is 627. The highest BCUT2D eigenvalue weighted by atomic mass is 35.5. The van der Waals surface area contributed by atoms with Gasteiger partial charge in [0.15, 0.2) is 5.78 Å². The minimum Gasteiger partial charge on any atom is -0.294 e. The highest BCUT2D eigenvalue weighted by Crippen LogP contribution is 2.22. The maximum absolute atomic E-state index is 12.3. The van der Waals surface area contributed by atoms with Crippen molar-refractivity contribution in [1.29, 1.82) is 0 Å². The summed E-state index contributed by atoms with van der Waals surface area (Å²) in [5.41, 5.74) is 3.01. The van der Waals surface area contributed by atoms with Gasteiger partial charge in [-0.2, -0.15) is 5.10 Å². The molecular formula is C14H14Cl2N2O. The van der Waals surface area contributed by atoms with Crippen molar-refractivity contribution in [1.82, 2.24) is 9.78 Å². The van der Waals surface area contributed by atoms with Crippen molar-refractivity contribution in [2.75, 3.05) is 0 Å². The summed E-state index contributed by atoms with van der Waals surface area (Å²) >= 11 is 12.1. The van der Waals surface area contributed by atoms with Crippen molar-refractivity contribution in [2.24, 2.45) is 7.05 Å². The number of aryl methyl sites for hydroxylation is 3. The zero-order chi connectivity index (χ0) is 14.2. The number of carbonyl (C=O) groups excluding carboxylic acids is 1. The molecule has 0 amide bonds. The van der Waals surface area contributed by atoms with E-state index in [1.165, 1.54) is 0 Å². The second-order valence-corrected chi connectivity index (χ2v) is 5.40. The Morgan fingerprint density at radius 3 is 2.47 bits per heavy atom. The Morgan fingerprint density at radius 2 is 1.95 bits per heavy atom. The Labute approximate surface area is 122 Å². The number of benzene rings is 1. The summed E-state index contributed by atoms with van der Waals surface area (Å²) in [6.07, 6.45) is 0.218. The van der Waals surface area contributed by atoms with Crippen LogP contribution >= 0.6 is 23.2 Å². The number of halogens is 2. The number of hydrogen-bond donors (Lipinski definition) is 0. The summed E-state index contributed by atoms with van der Waals surface area (Å²) in [7, 11) is 1.78. The van der Waals surface area contributed by atoms with E-state index >= 15 is 0 Å². The van der Waals surface area contributed by atoms with Crippen LogP contribution in [0.3, 0.4) is 0 Å². The first kappa shape index (κ1) is 14.1. The van der Waals surface area contributed by atoms with Crippen LogP contribution in [0.4, 0.5) is 0 Å². The molecule has 0 atom stereocenters. The number of aromatic nitrogens is 2. The molecule has 100 valence electrons. The minimum absolute atomic E-state index is 0.0181. The normalized spacial score (nSPS) is 10.8. The lowest BCUT2D eigenvalue weighted by Crippen LogP contribution is -2.08. The van der Waals surface area contributed by atoms with Gasteiger partial charge >= 0.3 is 0 Å². The topological polar surface area (TPSA) is 34.9 Å². The highest BCUT2D eigenvalue weighted by Gasteiger charge is 2.16. The quantitative estimate of drug-likeness (QED) is 0.808. The molecule has 0 fully saturated rings. The molecule has 0 aliphatic carbocycles.